The molecule has 1 amide bonds. The molecule has 0 radical (unpaired) electrons. The van der Waals surface area contributed by atoms with Crippen LogP contribution in [0.5, 0.6) is 11.5 Å². The minimum absolute atomic E-state index is 0. The number of aliphatic hydroxyl groups is 1. The number of halogens is 2. The van der Waals surface area contributed by atoms with E-state index >= 15 is 0 Å². The maximum Gasteiger partial charge on any atom is 0.226 e. The van der Waals surface area contributed by atoms with Gasteiger partial charge in [0.1, 0.15) is 11.7 Å². The number of piperidine rings is 3. The molecule has 3 saturated carbocycles. The first-order valence-electron chi connectivity index (χ1n) is 15.5. The van der Waals surface area contributed by atoms with Gasteiger partial charge in [-0.05, 0) is 93.5 Å². The Balaban J connectivity index is 0.00000144. The first-order chi connectivity index (χ1) is 19.4. The molecule has 4 heterocycles. The molecule has 2 aromatic rings. The first-order valence-corrected chi connectivity index (χ1v) is 15.5. The predicted octanol–water partition coefficient (Wildman–Crippen LogP) is 4.66. The number of fused-ring (bicyclic) bond motifs is 2. The molecule has 0 aromatic heterocycles. The summed E-state index contributed by atoms with van der Waals surface area (Å²) < 4.78 is 6.79. The second kappa shape index (κ2) is 9.73. The number of nitrogens with one attached hydrogen (secondary N) is 1. The summed E-state index contributed by atoms with van der Waals surface area (Å²) in [4.78, 5) is 19.1. The Kier molecular flexibility index (Phi) is 6.66. The van der Waals surface area contributed by atoms with E-state index in [2.05, 4.69) is 21.2 Å². The third kappa shape index (κ3) is 3.67. The number of carbonyl (C=O) groups excluding carboxylic acids is 1. The third-order valence-electron chi connectivity index (χ3n) is 11.9. The molecular weight excluding hydrogens is 573 g/mol. The molecular formula is C33H41Cl2N3O4. The fraction of sp³-hybridized carbons (Fsp3) is 0.606. The van der Waals surface area contributed by atoms with Crippen molar-refractivity contribution in [2.75, 3.05) is 25.0 Å². The number of hydrogen-bond acceptors (Lipinski definition) is 6. The number of aromatic hydroxyl groups is 1. The number of rotatable bonds is 7. The fourth-order valence-corrected chi connectivity index (χ4v) is 10.1. The number of benzene rings is 2. The number of phenolic OH excluding ortho intramolecular Hbond substituents is 1. The summed E-state index contributed by atoms with van der Waals surface area (Å²) in [7, 11) is 0. The van der Waals surface area contributed by atoms with Crippen molar-refractivity contribution in [2.24, 2.45) is 11.8 Å². The number of likely N-dealkylation sites (tertiary alicyclic amines) is 1. The quantitative estimate of drug-likeness (QED) is 0.421. The van der Waals surface area contributed by atoms with Crippen molar-refractivity contribution >= 4 is 36.4 Å². The molecule has 9 heteroatoms. The van der Waals surface area contributed by atoms with Crippen LogP contribution in [0, 0.1) is 11.8 Å². The van der Waals surface area contributed by atoms with Crippen LogP contribution in [0.2, 0.25) is 0 Å². The number of hydrogen-bond donors (Lipinski definition) is 3. The van der Waals surface area contributed by atoms with E-state index in [9.17, 15) is 15.0 Å². The van der Waals surface area contributed by atoms with Gasteiger partial charge in [0.25, 0.3) is 0 Å². The van der Waals surface area contributed by atoms with Crippen molar-refractivity contribution in [2.45, 2.75) is 92.5 Å². The number of para-hydroxylation sites is 1. The molecule has 226 valence electrons. The molecule has 8 aliphatic rings. The van der Waals surface area contributed by atoms with E-state index in [-0.39, 0.29) is 59.9 Å². The lowest BCUT2D eigenvalue weighted by molar-refractivity contribution is -0.293. The predicted molar refractivity (Wildman–Crippen MR) is 165 cm³/mol. The number of phenols is 1. The van der Waals surface area contributed by atoms with E-state index in [1.165, 1.54) is 36.8 Å². The van der Waals surface area contributed by atoms with E-state index in [1.807, 2.05) is 30.3 Å². The van der Waals surface area contributed by atoms with Gasteiger partial charge < -0.3 is 20.3 Å². The molecule has 42 heavy (non-hydrogen) atoms. The molecule has 3 N–H and O–H groups in total. The van der Waals surface area contributed by atoms with Crippen molar-refractivity contribution in [1.82, 2.24) is 9.80 Å². The van der Waals surface area contributed by atoms with Crippen molar-refractivity contribution in [3.63, 3.8) is 0 Å². The average molecular weight is 615 g/mol. The highest BCUT2D eigenvalue weighted by atomic mass is 35.5. The minimum atomic E-state index is -1.17. The van der Waals surface area contributed by atoms with Crippen LogP contribution in [0.4, 0.5) is 5.69 Å². The first kappa shape index (κ1) is 28.7. The summed E-state index contributed by atoms with van der Waals surface area (Å²) in [6.45, 7) is 3.08. The third-order valence-corrected chi connectivity index (χ3v) is 11.9. The summed E-state index contributed by atoms with van der Waals surface area (Å²) in [6, 6.07) is 13.5. The molecule has 2 aromatic carbocycles. The minimum Gasteiger partial charge on any atom is -0.504 e. The lowest BCUT2D eigenvalue weighted by Crippen LogP contribution is -2.91. The summed E-state index contributed by atoms with van der Waals surface area (Å²) in [5, 5.41) is 27.0. The maximum atomic E-state index is 13.6. The van der Waals surface area contributed by atoms with Gasteiger partial charge in [0, 0.05) is 36.8 Å². The van der Waals surface area contributed by atoms with E-state index in [0.29, 0.717) is 24.1 Å². The van der Waals surface area contributed by atoms with Gasteiger partial charge in [0.05, 0.1) is 17.0 Å². The second-order valence-corrected chi connectivity index (χ2v) is 14.0. The molecule has 2 spiro atoms. The monoisotopic (exact) mass is 613 g/mol. The highest BCUT2D eigenvalue weighted by molar-refractivity contribution is 5.91. The second-order valence-electron chi connectivity index (χ2n) is 14.0. The van der Waals surface area contributed by atoms with Crippen LogP contribution in [-0.2, 0) is 16.6 Å². The molecule has 6 atom stereocenters. The van der Waals surface area contributed by atoms with Crippen LogP contribution < -0.4 is 10.1 Å². The molecule has 10 rings (SSSR count). The Labute approximate surface area is 259 Å². The Morgan fingerprint density at radius 3 is 2.45 bits per heavy atom. The normalized spacial score (nSPS) is 37.2. The highest BCUT2D eigenvalue weighted by Crippen LogP contribution is 2.72. The van der Waals surface area contributed by atoms with Gasteiger partial charge in [0.2, 0.25) is 5.91 Å². The summed E-state index contributed by atoms with van der Waals surface area (Å²) in [5.41, 5.74) is 1.48. The zero-order valence-electron chi connectivity index (χ0n) is 23.8. The smallest absolute Gasteiger partial charge is 0.226 e. The number of nitrogens with zero attached hydrogens (tertiary/aromatic N) is 2. The Morgan fingerprint density at radius 2 is 1.71 bits per heavy atom. The van der Waals surface area contributed by atoms with Gasteiger partial charge in [-0.25, -0.2) is 0 Å². The van der Waals surface area contributed by atoms with Gasteiger partial charge in [-0.15, -0.1) is 24.8 Å². The number of ether oxygens (including phenoxy) is 1. The van der Waals surface area contributed by atoms with E-state index in [1.54, 1.807) is 6.07 Å². The van der Waals surface area contributed by atoms with E-state index in [0.717, 1.165) is 50.5 Å². The molecule has 4 aliphatic heterocycles. The molecule has 6 fully saturated rings. The van der Waals surface area contributed by atoms with E-state index in [4.69, 9.17) is 4.74 Å². The number of carbonyl (C=O) groups is 1. The van der Waals surface area contributed by atoms with Gasteiger partial charge in [-0.2, -0.15) is 0 Å². The summed E-state index contributed by atoms with van der Waals surface area (Å²) >= 11 is 0. The zero-order valence-corrected chi connectivity index (χ0v) is 25.5. The Bertz CT molecular complexity index is 1400. The van der Waals surface area contributed by atoms with E-state index < -0.39 is 11.7 Å². The highest BCUT2D eigenvalue weighted by Gasteiger charge is 2.82. The molecule has 4 bridgehead atoms. The van der Waals surface area contributed by atoms with Crippen LogP contribution >= 0.6 is 24.8 Å². The van der Waals surface area contributed by atoms with Crippen molar-refractivity contribution in [1.29, 1.82) is 0 Å². The molecule has 7 nitrogen and oxygen atoms in total. The van der Waals surface area contributed by atoms with Gasteiger partial charge >= 0.3 is 0 Å². The lowest BCUT2D eigenvalue weighted by Gasteiger charge is -2.77. The summed E-state index contributed by atoms with van der Waals surface area (Å²) in [5.74, 6) is 2.15. The van der Waals surface area contributed by atoms with Gasteiger partial charge in [0.15, 0.2) is 11.5 Å². The van der Waals surface area contributed by atoms with Crippen LogP contribution in [0.15, 0.2) is 42.5 Å². The SMILES string of the molecule is Cl.Cl.O=C(C[C@@H]1N(CC2CC2)[C@@]23CC[C@]1(O)[C@@H]1Oc4c(O)ccc5c4[C@]12CCN(CC1CC1)[C@@H]3C5)Nc1ccccc1. The van der Waals surface area contributed by atoms with Crippen LogP contribution in [0.3, 0.4) is 0 Å². The molecule has 4 aliphatic carbocycles. The lowest BCUT2D eigenvalue weighted by atomic mass is 9.40. The van der Waals surface area contributed by atoms with Crippen molar-refractivity contribution in [3.8, 4) is 11.5 Å². The number of amides is 1. The van der Waals surface area contributed by atoms with Gasteiger partial charge in [-0.3, -0.25) is 14.6 Å². The molecule has 3 saturated heterocycles. The standard InChI is InChI=1S/C33H39N3O4.2ClH/c37-24-11-10-22-16-26-33-13-12-32(39,30-31(33,28(22)29(24)40-30)14-15-35(26)18-20-6-7-20)25(36(33)19-21-8-9-21)17-27(38)34-23-4-2-1-3-5-23;;/h1-5,10-11,20-21,25-26,30,37,39H,6-9,12-19H2,(H,34,38);2*1H/t25-,26+,30+,31+,32+,33+;;/m0../s1. The zero-order chi connectivity index (χ0) is 26.9. The van der Waals surface area contributed by atoms with Crippen molar-refractivity contribution < 1.29 is 19.7 Å². The fourth-order valence-electron chi connectivity index (χ4n) is 10.1. The number of anilines is 1. The van der Waals surface area contributed by atoms with Gasteiger partial charge in [-0.1, -0.05) is 24.3 Å². The Morgan fingerprint density at radius 1 is 0.976 bits per heavy atom. The van der Waals surface area contributed by atoms with Crippen LogP contribution in [-0.4, -0.2) is 74.9 Å². The largest absolute Gasteiger partial charge is 0.504 e. The Hall–Kier alpha value is -2.03. The van der Waals surface area contributed by atoms with Crippen LogP contribution in [0.1, 0.15) is 62.5 Å². The van der Waals surface area contributed by atoms with Crippen LogP contribution in [0.25, 0.3) is 0 Å². The summed E-state index contributed by atoms with van der Waals surface area (Å²) in [6.07, 6.45) is 8.29. The maximum absolute atomic E-state index is 13.6. The van der Waals surface area contributed by atoms with Crippen molar-refractivity contribution in [3.05, 3.63) is 53.6 Å². The average Bonchev–Trinajstić information content (AvgIpc) is 3.88. The molecule has 0 unspecified atom stereocenters. The topological polar surface area (TPSA) is 85.3 Å².